The Labute approximate surface area is 167 Å². The van der Waals surface area contributed by atoms with E-state index in [1.54, 1.807) is 0 Å². The average Bonchev–Trinajstić information content (AvgIpc) is 3.00. The number of aryl methyl sites for hydroxylation is 1. The molecule has 0 spiro atoms. The largest absolute Gasteiger partial charge is 0.494 e. The monoisotopic (exact) mass is 400 g/mol. The zero-order valence-electron chi connectivity index (χ0n) is 16.5. The Balaban J connectivity index is 1.99. The summed E-state index contributed by atoms with van der Waals surface area (Å²) in [5.74, 6) is 0.588. The Kier molecular flexibility index (Phi) is 6.14. The summed E-state index contributed by atoms with van der Waals surface area (Å²) in [4.78, 5) is 31.2. The maximum absolute atomic E-state index is 13.1. The van der Waals surface area contributed by atoms with Crippen molar-refractivity contribution in [3.63, 3.8) is 0 Å². The topological polar surface area (TPSA) is 70.4 Å². The van der Waals surface area contributed by atoms with Crippen molar-refractivity contribution in [2.24, 2.45) is 5.92 Å². The number of fused-ring (bicyclic) bond motifs is 1. The van der Waals surface area contributed by atoms with E-state index >= 15 is 0 Å². The van der Waals surface area contributed by atoms with E-state index in [1.165, 1.54) is 22.2 Å². The van der Waals surface area contributed by atoms with Crippen LogP contribution in [0, 0.1) is 12.8 Å². The van der Waals surface area contributed by atoms with Gasteiger partial charge in [-0.3, -0.25) is 14.2 Å². The van der Waals surface area contributed by atoms with Crippen LogP contribution < -0.4 is 10.3 Å². The van der Waals surface area contributed by atoms with Crippen LogP contribution in [0.25, 0.3) is 21.3 Å². The normalized spacial score (nSPS) is 11.2. The van der Waals surface area contributed by atoms with Gasteiger partial charge in [0.25, 0.3) is 5.56 Å². The van der Waals surface area contributed by atoms with E-state index in [0.29, 0.717) is 23.4 Å². The Morgan fingerprint density at radius 1 is 1.25 bits per heavy atom. The zero-order chi connectivity index (χ0) is 20.3. The van der Waals surface area contributed by atoms with Crippen LogP contribution in [0.4, 0.5) is 0 Å². The number of carbonyl (C=O) groups is 1. The third kappa shape index (κ3) is 4.25. The maximum atomic E-state index is 13.1. The predicted octanol–water partition coefficient (Wildman–Crippen LogP) is 4.03. The van der Waals surface area contributed by atoms with Gasteiger partial charge in [-0.25, -0.2) is 4.98 Å². The Bertz CT molecular complexity index is 1030. The summed E-state index contributed by atoms with van der Waals surface area (Å²) < 4.78 is 12.0. The molecule has 0 radical (unpaired) electrons. The van der Waals surface area contributed by atoms with Crippen molar-refractivity contribution in [3.8, 4) is 16.9 Å². The lowest BCUT2D eigenvalue weighted by atomic mass is 10.0. The number of hydrogen-bond donors (Lipinski definition) is 0. The molecule has 1 aromatic carbocycles. The molecule has 2 aromatic heterocycles. The standard InChI is InChI=1S/C21H24N2O4S/c1-5-26-16-8-6-15(7-9-16)18-14(4)28-20-19(18)21(25)23(12-22-20)10-17(24)27-11-13(2)3/h6-9,12-13H,5,10-11H2,1-4H3. The summed E-state index contributed by atoms with van der Waals surface area (Å²) in [5.41, 5.74) is 1.54. The first kappa shape index (κ1) is 20.1. The molecule has 3 aromatic rings. The van der Waals surface area contributed by atoms with E-state index in [1.807, 2.05) is 52.0 Å². The van der Waals surface area contributed by atoms with Gasteiger partial charge < -0.3 is 9.47 Å². The van der Waals surface area contributed by atoms with Gasteiger partial charge in [0.1, 0.15) is 17.1 Å². The molecule has 28 heavy (non-hydrogen) atoms. The van der Waals surface area contributed by atoms with Crippen LogP contribution in [-0.2, 0) is 16.1 Å². The highest BCUT2D eigenvalue weighted by Gasteiger charge is 2.18. The highest BCUT2D eigenvalue weighted by molar-refractivity contribution is 7.19. The number of nitrogens with zero attached hydrogens (tertiary/aromatic N) is 2. The summed E-state index contributed by atoms with van der Waals surface area (Å²) >= 11 is 1.47. The van der Waals surface area contributed by atoms with Crippen LogP contribution in [0.2, 0.25) is 0 Å². The van der Waals surface area contributed by atoms with Crippen molar-refractivity contribution < 1.29 is 14.3 Å². The van der Waals surface area contributed by atoms with Crippen LogP contribution in [0.3, 0.4) is 0 Å². The lowest BCUT2D eigenvalue weighted by Crippen LogP contribution is -2.26. The number of aromatic nitrogens is 2. The van der Waals surface area contributed by atoms with Gasteiger partial charge >= 0.3 is 5.97 Å². The molecule has 0 bridgehead atoms. The minimum absolute atomic E-state index is 0.147. The van der Waals surface area contributed by atoms with Gasteiger partial charge in [0.2, 0.25) is 0 Å². The van der Waals surface area contributed by atoms with Crippen LogP contribution in [-0.4, -0.2) is 28.7 Å². The van der Waals surface area contributed by atoms with Gasteiger partial charge in [-0.2, -0.15) is 0 Å². The smallest absolute Gasteiger partial charge is 0.326 e. The van der Waals surface area contributed by atoms with E-state index in [2.05, 4.69) is 4.98 Å². The first-order chi connectivity index (χ1) is 13.4. The fourth-order valence-corrected chi connectivity index (χ4v) is 3.93. The molecular formula is C21H24N2O4S. The molecular weight excluding hydrogens is 376 g/mol. The van der Waals surface area contributed by atoms with Crippen molar-refractivity contribution in [2.45, 2.75) is 34.2 Å². The SMILES string of the molecule is CCOc1ccc(-c2c(C)sc3ncn(CC(=O)OCC(C)C)c(=O)c23)cc1. The molecule has 0 saturated heterocycles. The van der Waals surface area contributed by atoms with E-state index in [0.717, 1.165) is 21.8 Å². The highest BCUT2D eigenvalue weighted by Crippen LogP contribution is 2.36. The molecule has 148 valence electrons. The summed E-state index contributed by atoms with van der Waals surface area (Å²) in [6.45, 7) is 8.61. The Morgan fingerprint density at radius 2 is 1.96 bits per heavy atom. The number of thiophene rings is 1. The molecule has 0 amide bonds. The van der Waals surface area contributed by atoms with Crippen molar-refractivity contribution in [1.29, 1.82) is 0 Å². The zero-order valence-corrected chi connectivity index (χ0v) is 17.3. The minimum atomic E-state index is -0.438. The van der Waals surface area contributed by atoms with E-state index in [-0.39, 0.29) is 18.0 Å². The fraction of sp³-hybridized carbons (Fsp3) is 0.381. The third-order valence-corrected chi connectivity index (χ3v) is 5.20. The van der Waals surface area contributed by atoms with Gasteiger partial charge in [0.15, 0.2) is 0 Å². The average molecular weight is 401 g/mol. The molecule has 0 aliphatic heterocycles. The first-order valence-electron chi connectivity index (χ1n) is 9.28. The second kappa shape index (κ2) is 8.56. The van der Waals surface area contributed by atoms with Crippen molar-refractivity contribution in [1.82, 2.24) is 9.55 Å². The third-order valence-electron chi connectivity index (χ3n) is 4.19. The molecule has 2 heterocycles. The number of ether oxygens (including phenoxy) is 2. The summed E-state index contributed by atoms with van der Waals surface area (Å²) in [6, 6.07) is 7.65. The molecule has 0 saturated carbocycles. The molecule has 0 aliphatic carbocycles. The van der Waals surface area contributed by atoms with Crippen LogP contribution in [0.1, 0.15) is 25.6 Å². The summed E-state index contributed by atoms with van der Waals surface area (Å²) in [5, 5.41) is 0.533. The lowest BCUT2D eigenvalue weighted by molar-refractivity contribution is -0.145. The number of rotatable bonds is 7. The number of esters is 1. The van der Waals surface area contributed by atoms with Gasteiger partial charge in [0.05, 0.1) is 24.9 Å². The van der Waals surface area contributed by atoms with Gasteiger partial charge in [-0.05, 0) is 37.5 Å². The predicted molar refractivity (Wildman–Crippen MR) is 111 cm³/mol. The summed E-state index contributed by atoms with van der Waals surface area (Å²) in [7, 11) is 0. The number of benzene rings is 1. The molecule has 7 heteroatoms. The van der Waals surface area contributed by atoms with Gasteiger partial charge in [0, 0.05) is 10.4 Å². The Morgan fingerprint density at radius 3 is 2.61 bits per heavy atom. The maximum Gasteiger partial charge on any atom is 0.326 e. The second-order valence-electron chi connectivity index (χ2n) is 6.93. The van der Waals surface area contributed by atoms with Crippen molar-refractivity contribution >= 4 is 27.5 Å². The molecule has 0 fully saturated rings. The second-order valence-corrected chi connectivity index (χ2v) is 8.13. The van der Waals surface area contributed by atoms with Gasteiger partial charge in [-0.1, -0.05) is 26.0 Å². The molecule has 6 nitrogen and oxygen atoms in total. The molecule has 0 atom stereocenters. The van der Waals surface area contributed by atoms with Crippen molar-refractivity contribution in [2.75, 3.05) is 13.2 Å². The quantitative estimate of drug-likeness (QED) is 0.560. The van der Waals surface area contributed by atoms with Crippen molar-refractivity contribution in [3.05, 3.63) is 45.8 Å². The molecule has 0 N–H and O–H groups in total. The Hall–Kier alpha value is -2.67. The molecule has 0 aliphatic rings. The number of hydrogen-bond acceptors (Lipinski definition) is 6. The summed E-state index contributed by atoms with van der Waals surface area (Å²) in [6.07, 6.45) is 1.42. The van der Waals surface area contributed by atoms with E-state index in [4.69, 9.17) is 9.47 Å². The van der Waals surface area contributed by atoms with E-state index < -0.39 is 5.97 Å². The van der Waals surface area contributed by atoms with Crippen LogP contribution >= 0.6 is 11.3 Å². The fourth-order valence-electron chi connectivity index (χ4n) is 2.93. The molecule has 0 unspecified atom stereocenters. The van der Waals surface area contributed by atoms with Gasteiger partial charge in [-0.15, -0.1) is 11.3 Å². The highest BCUT2D eigenvalue weighted by atomic mass is 32.1. The lowest BCUT2D eigenvalue weighted by Gasteiger charge is -2.09. The van der Waals surface area contributed by atoms with Crippen LogP contribution in [0.5, 0.6) is 5.75 Å². The molecule has 3 rings (SSSR count). The number of carbonyl (C=O) groups excluding carboxylic acids is 1. The first-order valence-corrected chi connectivity index (χ1v) is 10.1. The minimum Gasteiger partial charge on any atom is -0.494 e. The van der Waals surface area contributed by atoms with E-state index in [9.17, 15) is 9.59 Å². The van der Waals surface area contributed by atoms with Crippen LogP contribution in [0.15, 0.2) is 35.4 Å².